The van der Waals surface area contributed by atoms with Crippen LogP contribution in [0.1, 0.15) is 5.56 Å². The van der Waals surface area contributed by atoms with Gasteiger partial charge in [-0.1, -0.05) is 48.5 Å². The van der Waals surface area contributed by atoms with Crippen molar-refractivity contribution in [3.63, 3.8) is 0 Å². The van der Waals surface area contributed by atoms with Crippen LogP contribution in [0.3, 0.4) is 0 Å². The van der Waals surface area contributed by atoms with Gasteiger partial charge in [0.1, 0.15) is 11.4 Å². The first-order valence-electron chi connectivity index (χ1n) is 8.87. The van der Waals surface area contributed by atoms with Crippen LogP contribution in [-0.4, -0.2) is 16.0 Å². The van der Waals surface area contributed by atoms with Crippen LogP contribution in [0.4, 0.5) is 23.2 Å². The number of aromatic nitrogens is 2. The van der Waals surface area contributed by atoms with Gasteiger partial charge in [-0.3, -0.25) is 5.43 Å². The van der Waals surface area contributed by atoms with Crippen LogP contribution >= 0.6 is 0 Å². The van der Waals surface area contributed by atoms with E-state index in [0.29, 0.717) is 11.3 Å². The number of nitrogens with zero attached hydrogens (tertiary/aromatic N) is 3. The van der Waals surface area contributed by atoms with Crippen molar-refractivity contribution >= 4 is 11.9 Å². The predicted octanol–water partition coefficient (Wildman–Crippen LogP) is 5.54. The summed E-state index contributed by atoms with van der Waals surface area (Å²) in [6.45, 7) is 0. The number of hydrogen-bond donors (Lipinski definition) is 1. The summed E-state index contributed by atoms with van der Waals surface area (Å²) in [6, 6.07) is 18.7. The van der Waals surface area contributed by atoms with E-state index in [1.54, 1.807) is 10.9 Å². The van der Waals surface area contributed by atoms with E-state index < -0.39 is 29.0 Å². The zero-order chi connectivity index (χ0) is 21.1. The Morgan fingerprint density at radius 1 is 0.833 bits per heavy atom. The highest BCUT2D eigenvalue weighted by Gasteiger charge is 2.19. The van der Waals surface area contributed by atoms with Crippen LogP contribution in [0.15, 0.2) is 78.0 Å². The Balaban J connectivity index is 1.71. The van der Waals surface area contributed by atoms with E-state index in [9.17, 15) is 17.6 Å². The molecule has 0 fully saturated rings. The summed E-state index contributed by atoms with van der Waals surface area (Å²) in [7, 11) is 0. The van der Waals surface area contributed by atoms with E-state index in [1.165, 1.54) is 6.21 Å². The Morgan fingerprint density at radius 3 is 2.07 bits per heavy atom. The smallest absolute Gasteiger partial charge is 0.186 e. The number of nitrogens with one attached hydrogen (secondary N) is 1. The summed E-state index contributed by atoms with van der Waals surface area (Å²) in [6.07, 6.45) is 2.96. The Labute approximate surface area is 169 Å². The molecule has 8 heteroatoms. The van der Waals surface area contributed by atoms with Gasteiger partial charge in [-0.15, -0.1) is 0 Å². The fraction of sp³-hybridized carbons (Fsp3) is 0. The maximum atomic E-state index is 13.8. The number of anilines is 1. The number of hydrazone groups is 1. The summed E-state index contributed by atoms with van der Waals surface area (Å²) in [4.78, 5) is 0. The van der Waals surface area contributed by atoms with Crippen molar-refractivity contribution in [2.45, 2.75) is 0 Å². The highest BCUT2D eigenvalue weighted by Crippen LogP contribution is 2.25. The third-order valence-electron chi connectivity index (χ3n) is 4.30. The van der Waals surface area contributed by atoms with Crippen molar-refractivity contribution < 1.29 is 17.6 Å². The van der Waals surface area contributed by atoms with Crippen LogP contribution < -0.4 is 5.43 Å². The summed E-state index contributed by atoms with van der Waals surface area (Å²) in [5.74, 6) is -6.16. The summed E-state index contributed by atoms with van der Waals surface area (Å²) in [5.41, 5.74) is 3.71. The van der Waals surface area contributed by atoms with Crippen molar-refractivity contribution in [3.05, 3.63) is 102 Å². The normalized spacial score (nSPS) is 11.2. The van der Waals surface area contributed by atoms with Crippen molar-refractivity contribution in [1.82, 2.24) is 9.78 Å². The molecule has 0 spiro atoms. The number of halogens is 4. The second-order valence-electron chi connectivity index (χ2n) is 6.29. The predicted molar refractivity (Wildman–Crippen MR) is 106 cm³/mol. The van der Waals surface area contributed by atoms with Crippen LogP contribution in [0, 0.1) is 23.3 Å². The van der Waals surface area contributed by atoms with E-state index in [2.05, 4.69) is 10.2 Å². The van der Waals surface area contributed by atoms with Gasteiger partial charge in [0, 0.05) is 23.4 Å². The second-order valence-corrected chi connectivity index (χ2v) is 6.29. The first kappa shape index (κ1) is 19.4. The number of rotatable bonds is 5. The SMILES string of the molecule is Fc1cc(F)c(F)c(N/N=C\c2cn(-c3ccccc3)nc2-c2ccccc2)c1F. The fourth-order valence-corrected chi connectivity index (χ4v) is 2.85. The second kappa shape index (κ2) is 8.20. The Bertz CT molecular complexity index is 1180. The molecule has 0 unspecified atom stereocenters. The van der Waals surface area contributed by atoms with Gasteiger partial charge < -0.3 is 0 Å². The summed E-state index contributed by atoms with van der Waals surface area (Å²) >= 11 is 0. The highest BCUT2D eigenvalue weighted by molar-refractivity contribution is 5.89. The molecular weight excluding hydrogens is 396 g/mol. The minimum absolute atomic E-state index is 0.136. The molecule has 4 nitrogen and oxygen atoms in total. The molecule has 0 bridgehead atoms. The molecule has 4 rings (SSSR count). The molecule has 1 heterocycles. The zero-order valence-corrected chi connectivity index (χ0v) is 15.4. The zero-order valence-electron chi connectivity index (χ0n) is 15.4. The summed E-state index contributed by atoms with van der Waals surface area (Å²) in [5, 5.41) is 8.34. The summed E-state index contributed by atoms with van der Waals surface area (Å²) < 4.78 is 56.0. The highest BCUT2D eigenvalue weighted by atomic mass is 19.2. The van der Waals surface area contributed by atoms with Gasteiger partial charge >= 0.3 is 0 Å². The van der Waals surface area contributed by atoms with E-state index in [1.807, 2.05) is 66.1 Å². The lowest BCUT2D eigenvalue weighted by molar-refractivity contribution is 0.458. The minimum atomic E-state index is -1.56. The molecular formula is C22H14F4N4. The van der Waals surface area contributed by atoms with Gasteiger partial charge in [0.25, 0.3) is 0 Å². The third kappa shape index (κ3) is 3.80. The van der Waals surface area contributed by atoms with E-state index >= 15 is 0 Å². The molecule has 0 radical (unpaired) electrons. The van der Waals surface area contributed by atoms with E-state index in [0.717, 1.165) is 11.3 Å². The lowest BCUT2D eigenvalue weighted by Crippen LogP contribution is -2.02. The average Bonchev–Trinajstić information content (AvgIpc) is 3.20. The largest absolute Gasteiger partial charge is 0.272 e. The molecule has 0 saturated carbocycles. The molecule has 0 saturated heterocycles. The van der Waals surface area contributed by atoms with Gasteiger partial charge in [0.05, 0.1) is 11.9 Å². The number of benzene rings is 3. The molecule has 1 aromatic heterocycles. The molecule has 0 aliphatic heterocycles. The standard InChI is InChI=1S/C22H14F4N4/c23-17-11-18(24)20(26)22(19(17)25)28-27-12-15-13-30(16-9-5-2-6-10-16)29-21(15)14-7-3-1-4-8-14/h1-13,28H/b27-12-. The third-order valence-corrected chi connectivity index (χ3v) is 4.30. The van der Waals surface area contributed by atoms with Gasteiger partial charge in [0.2, 0.25) is 0 Å². The van der Waals surface area contributed by atoms with E-state index in [4.69, 9.17) is 0 Å². The monoisotopic (exact) mass is 410 g/mol. The van der Waals surface area contributed by atoms with Crippen LogP contribution in [-0.2, 0) is 0 Å². The van der Waals surface area contributed by atoms with Crippen molar-refractivity contribution in [3.8, 4) is 16.9 Å². The number of hydrogen-bond acceptors (Lipinski definition) is 3. The maximum absolute atomic E-state index is 13.8. The van der Waals surface area contributed by atoms with Crippen LogP contribution in [0.2, 0.25) is 0 Å². The topological polar surface area (TPSA) is 42.2 Å². The number of para-hydroxylation sites is 1. The lowest BCUT2D eigenvalue weighted by Gasteiger charge is -2.05. The van der Waals surface area contributed by atoms with Gasteiger partial charge in [-0.05, 0) is 12.1 Å². The minimum Gasteiger partial charge on any atom is -0.272 e. The Kier molecular flexibility index (Phi) is 5.30. The Hall–Kier alpha value is -3.94. The molecule has 0 aliphatic carbocycles. The molecule has 150 valence electrons. The molecule has 1 N–H and O–H groups in total. The first-order chi connectivity index (χ1) is 14.5. The van der Waals surface area contributed by atoms with Gasteiger partial charge in [-0.2, -0.15) is 10.2 Å². The lowest BCUT2D eigenvalue weighted by atomic mass is 10.1. The molecule has 3 aromatic carbocycles. The van der Waals surface area contributed by atoms with Crippen LogP contribution in [0.5, 0.6) is 0 Å². The van der Waals surface area contributed by atoms with Gasteiger partial charge in [0.15, 0.2) is 23.3 Å². The Morgan fingerprint density at radius 2 is 1.43 bits per heavy atom. The first-order valence-corrected chi connectivity index (χ1v) is 8.87. The molecule has 0 amide bonds. The van der Waals surface area contributed by atoms with Crippen LogP contribution in [0.25, 0.3) is 16.9 Å². The van der Waals surface area contributed by atoms with Gasteiger partial charge in [-0.25, -0.2) is 22.2 Å². The molecule has 30 heavy (non-hydrogen) atoms. The molecule has 4 aromatic rings. The van der Waals surface area contributed by atoms with Crippen molar-refractivity contribution in [1.29, 1.82) is 0 Å². The average molecular weight is 410 g/mol. The fourth-order valence-electron chi connectivity index (χ4n) is 2.85. The van der Waals surface area contributed by atoms with E-state index in [-0.39, 0.29) is 6.07 Å². The quantitative estimate of drug-likeness (QED) is 0.203. The molecule has 0 aliphatic rings. The van der Waals surface area contributed by atoms with Crippen molar-refractivity contribution in [2.75, 3.05) is 5.43 Å². The molecule has 0 atom stereocenters. The van der Waals surface area contributed by atoms with Crippen molar-refractivity contribution in [2.24, 2.45) is 5.10 Å². The maximum Gasteiger partial charge on any atom is 0.186 e.